The highest BCUT2D eigenvalue weighted by atomic mass is 32.2. The van der Waals surface area contributed by atoms with E-state index in [1.165, 1.54) is 0 Å². The number of thioether (sulfide) groups is 1. The first-order valence-corrected chi connectivity index (χ1v) is 4.15. The van der Waals surface area contributed by atoms with Crippen molar-refractivity contribution in [2.24, 2.45) is 0 Å². The zero-order valence-electron chi connectivity index (χ0n) is 5.79. The third-order valence-electron chi connectivity index (χ3n) is 1.25. The van der Waals surface area contributed by atoms with Crippen molar-refractivity contribution >= 4 is 23.1 Å². The van der Waals surface area contributed by atoms with E-state index in [1.54, 1.807) is 17.8 Å². The van der Waals surface area contributed by atoms with E-state index in [-0.39, 0.29) is 0 Å². The molecule has 0 heterocycles. The molecule has 0 aliphatic heterocycles. The zero-order valence-corrected chi connectivity index (χ0v) is 6.61. The fourth-order valence-electron chi connectivity index (χ4n) is 0.753. The highest BCUT2D eigenvalue weighted by Gasteiger charge is 1.95. The molecule has 10 heavy (non-hydrogen) atoms. The highest BCUT2D eigenvalue weighted by Crippen LogP contribution is 2.23. The summed E-state index contributed by atoms with van der Waals surface area (Å²) in [5.74, 6) is 0. The van der Waals surface area contributed by atoms with Crippen LogP contribution in [0.25, 0.3) is 0 Å². The van der Waals surface area contributed by atoms with Crippen LogP contribution in [0.4, 0.5) is 11.4 Å². The topological polar surface area (TPSA) is 52.0 Å². The molecule has 1 aromatic rings. The summed E-state index contributed by atoms with van der Waals surface area (Å²) in [6.07, 6.45) is 1.99. The number of nitrogen functional groups attached to an aromatic ring is 2. The standard InChI is InChI=1S/C7H10N2S/c1-10-7-3-2-5(8)4-6(7)9/h2-4H,8-9H2,1H3. The summed E-state index contributed by atoms with van der Waals surface area (Å²) in [4.78, 5) is 1.08. The van der Waals surface area contributed by atoms with Crippen LogP contribution in [0.3, 0.4) is 0 Å². The molecule has 3 heteroatoms. The number of anilines is 2. The van der Waals surface area contributed by atoms with Gasteiger partial charge >= 0.3 is 0 Å². The van der Waals surface area contributed by atoms with Crippen molar-refractivity contribution in [3.63, 3.8) is 0 Å². The Bertz CT molecular complexity index is 235. The van der Waals surface area contributed by atoms with Gasteiger partial charge in [-0.05, 0) is 24.5 Å². The van der Waals surface area contributed by atoms with Gasteiger partial charge in [-0.2, -0.15) is 0 Å². The van der Waals surface area contributed by atoms with E-state index >= 15 is 0 Å². The minimum absolute atomic E-state index is 0.718. The Labute approximate surface area is 64.6 Å². The molecule has 0 radical (unpaired) electrons. The van der Waals surface area contributed by atoms with E-state index in [9.17, 15) is 0 Å². The van der Waals surface area contributed by atoms with Crippen LogP contribution in [0.15, 0.2) is 23.1 Å². The summed E-state index contributed by atoms with van der Waals surface area (Å²) >= 11 is 1.62. The summed E-state index contributed by atoms with van der Waals surface area (Å²) in [6, 6.07) is 5.54. The van der Waals surface area contributed by atoms with Crippen molar-refractivity contribution in [1.82, 2.24) is 0 Å². The SMILES string of the molecule is CSc1ccc(N)cc1N. The quantitative estimate of drug-likeness (QED) is 0.477. The average molecular weight is 154 g/mol. The third kappa shape index (κ3) is 1.36. The molecule has 0 fully saturated rings. The van der Waals surface area contributed by atoms with Gasteiger partial charge < -0.3 is 11.5 Å². The van der Waals surface area contributed by atoms with Crippen molar-refractivity contribution < 1.29 is 0 Å². The molecular formula is C7H10N2S. The lowest BCUT2D eigenvalue weighted by Gasteiger charge is -2.01. The predicted molar refractivity (Wildman–Crippen MR) is 47.0 cm³/mol. The summed E-state index contributed by atoms with van der Waals surface area (Å²) in [7, 11) is 0. The van der Waals surface area contributed by atoms with Crippen LogP contribution in [-0.2, 0) is 0 Å². The Kier molecular flexibility index (Phi) is 2.06. The van der Waals surface area contributed by atoms with Crippen LogP contribution in [0, 0.1) is 0 Å². The van der Waals surface area contributed by atoms with Gasteiger partial charge in [0.2, 0.25) is 0 Å². The van der Waals surface area contributed by atoms with Gasteiger partial charge in [0, 0.05) is 16.3 Å². The van der Waals surface area contributed by atoms with Crippen molar-refractivity contribution in [1.29, 1.82) is 0 Å². The van der Waals surface area contributed by atoms with E-state index in [1.807, 2.05) is 18.4 Å². The van der Waals surface area contributed by atoms with Crippen LogP contribution in [-0.4, -0.2) is 6.26 Å². The van der Waals surface area contributed by atoms with E-state index in [0.717, 1.165) is 16.3 Å². The van der Waals surface area contributed by atoms with Gasteiger partial charge in [0.1, 0.15) is 0 Å². The third-order valence-corrected chi connectivity index (χ3v) is 2.07. The molecule has 1 rings (SSSR count). The van der Waals surface area contributed by atoms with Crippen LogP contribution in [0.1, 0.15) is 0 Å². The van der Waals surface area contributed by atoms with Gasteiger partial charge in [-0.3, -0.25) is 0 Å². The number of nitrogens with two attached hydrogens (primary N) is 2. The van der Waals surface area contributed by atoms with E-state index in [4.69, 9.17) is 11.5 Å². The smallest absolute Gasteiger partial charge is 0.0472 e. The second kappa shape index (κ2) is 2.84. The van der Waals surface area contributed by atoms with Crippen LogP contribution in [0.5, 0.6) is 0 Å². The Hall–Kier alpha value is -0.830. The minimum atomic E-state index is 0.718. The Balaban J connectivity index is 3.07. The van der Waals surface area contributed by atoms with Crippen LogP contribution in [0.2, 0.25) is 0 Å². The maximum absolute atomic E-state index is 5.63. The fourth-order valence-corrected chi connectivity index (χ4v) is 1.25. The lowest BCUT2D eigenvalue weighted by molar-refractivity contribution is 1.47. The summed E-state index contributed by atoms with van der Waals surface area (Å²) in [5, 5.41) is 0. The molecule has 1 aromatic carbocycles. The van der Waals surface area contributed by atoms with Crippen molar-refractivity contribution in [3.05, 3.63) is 18.2 Å². The second-order valence-electron chi connectivity index (χ2n) is 2.00. The van der Waals surface area contributed by atoms with E-state index < -0.39 is 0 Å². The average Bonchev–Trinajstić information content (AvgIpc) is 1.88. The number of rotatable bonds is 1. The van der Waals surface area contributed by atoms with E-state index in [0.29, 0.717) is 0 Å². The van der Waals surface area contributed by atoms with Gasteiger partial charge in [-0.25, -0.2) is 0 Å². The molecule has 0 saturated heterocycles. The van der Waals surface area contributed by atoms with Crippen molar-refractivity contribution in [3.8, 4) is 0 Å². The molecule has 0 unspecified atom stereocenters. The van der Waals surface area contributed by atoms with E-state index in [2.05, 4.69) is 0 Å². The molecule has 0 atom stereocenters. The molecule has 0 spiro atoms. The first kappa shape index (κ1) is 7.28. The summed E-state index contributed by atoms with van der Waals surface area (Å²) in [6.45, 7) is 0. The Morgan fingerprint density at radius 2 is 2.00 bits per heavy atom. The first-order chi connectivity index (χ1) is 4.74. The highest BCUT2D eigenvalue weighted by molar-refractivity contribution is 7.98. The molecule has 0 amide bonds. The van der Waals surface area contributed by atoms with Gasteiger partial charge in [0.25, 0.3) is 0 Å². The largest absolute Gasteiger partial charge is 0.399 e. The van der Waals surface area contributed by atoms with Crippen molar-refractivity contribution in [2.75, 3.05) is 17.7 Å². The lowest BCUT2D eigenvalue weighted by atomic mass is 10.3. The minimum Gasteiger partial charge on any atom is -0.399 e. The normalized spacial score (nSPS) is 9.70. The second-order valence-corrected chi connectivity index (χ2v) is 2.85. The van der Waals surface area contributed by atoms with Crippen LogP contribution < -0.4 is 11.5 Å². The van der Waals surface area contributed by atoms with Gasteiger partial charge in [-0.1, -0.05) is 0 Å². The molecule has 0 aliphatic carbocycles. The molecule has 0 aliphatic rings. The van der Waals surface area contributed by atoms with Gasteiger partial charge in [0.15, 0.2) is 0 Å². The lowest BCUT2D eigenvalue weighted by Crippen LogP contribution is -1.91. The molecule has 4 N–H and O–H groups in total. The fraction of sp³-hybridized carbons (Fsp3) is 0.143. The molecule has 2 nitrogen and oxygen atoms in total. The van der Waals surface area contributed by atoms with Crippen LogP contribution >= 0.6 is 11.8 Å². The predicted octanol–water partition coefficient (Wildman–Crippen LogP) is 1.57. The monoisotopic (exact) mass is 154 g/mol. The summed E-state index contributed by atoms with van der Waals surface area (Å²) in [5.41, 5.74) is 12.6. The van der Waals surface area contributed by atoms with Gasteiger partial charge in [0.05, 0.1) is 0 Å². The zero-order chi connectivity index (χ0) is 7.56. The Morgan fingerprint density at radius 3 is 2.50 bits per heavy atom. The molecule has 54 valence electrons. The maximum Gasteiger partial charge on any atom is 0.0472 e. The molecule has 0 aromatic heterocycles. The molecule has 0 saturated carbocycles. The molecule has 0 bridgehead atoms. The number of hydrogen-bond donors (Lipinski definition) is 2. The maximum atomic E-state index is 5.63. The Morgan fingerprint density at radius 1 is 1.30 bits per heavy atom. The number of hydrogen-bond acceptors (Lipinski definition) is 3. The van der Waals surface area contributed by atoms with Gasteiger partial charge in [-0.15, -0.1) is 11.8 Å². The summed E-state index contributed by atoms with van der Waals surface area (Å²) < 4.78 is 0. The first-order valence-electron chi connectivity index (χ1n) is 2.93. The number of benzene rings is 1. The molecular weight excluding hydrogens is 144 g/mol. The van der Waals surface area contributed by atoms with Crippen molar-refractivity contribution in [2.45, 2.75) is 4.90 Å².